The lowest BCUT2D eigenvalue weighted by atomic mass is 10.2. The maximum Gasteiger partial charge on any atom is 0.407 e. The number of rotatable bonds is 5. The van der Waals surface area contributed by atoms with Gasteiger partial charge in [-0.2, -0.15) is 0 Å². The van der Waals surface area contributed by atoms with Crippen molar-refractivity contribution in [3.63, 3.8) is 0 Å². The van der Waals surface area contributed by atoms with Crippen LogP contribution in [-0.4, -0.2) is 26.4 Å². The third-order valence-electron chi connectivity index (χ3n) is 2.07. The molecule has 0 fully saturated rings. The Morgan fingerprint density at radius 1 is 1.31 bits per heavy atom. The molecule has 1 rings (SSSR count). The molecule has 4 heteroatoms. The summed E-state index contributed by atoms with van der Waals surface area (Å²) < 4.78 is 9.81. The summed E-state index contributed by atoms with van der Waals surface area (Å²) in [5.74, 6) is 0. The maximum absolute atomic E-state index is 11.2. The van der Waals surface area contributed by atoms with Crippen LogP contribution in [0.5, 0.6) is 0 Å². The van der Waals surface area contributed by atoms with Gasteiger partial charge in [-0.1, -0.05) is 29.8 Å². The molecule has 0 aliphatic rings. The first-order valence-electron chi connectivity index (χ1n) is 5.17. The molecule has 0 saturated carbocycles. The van der Waals surface area contributed by atoms with Gasteiger partial charge in [0, 0.05) is 13.7 Å². The minimum absolute atomic E-state index is 0.291. The second-order valence-electron chi connectivity index (χ2n) is 3.48. The number of nitrogens with one attached hydrogen (secondary N) is 1. The van der Waals surface area contributed by atoms with Crippen LogP contribution in [0.4, 0.5) is 4.79 Å². The number of methoxy groups -OCH3 is 1. The van der Waals surface area contributed by atoms with Gasteiger partial charge in [-0.3, -0.25) is 0 Å². The zero-order chi connectivity index (χ0) is 11.8. The standard InChI is InChI=1S/C12H17NO3/c1-10-3-5-11(6-4-10)9-16-12(14)13-7-8-15-2/h3-6H,7-9H2,1-2H3,(H,13,14). The first-order chi connectivity index (χ1) is 7.72. The molecule has 0 aromatic heterocycles. The molecule has 1 aromatic carbocycles. The van der Waals surface area contributed by atoms with E-state index in [0.29, 0.717) is 19.8 Å². The maximum atomic E-state index is 11.2. The number of alkyl carbamates (subject to hydrolysis) is 1. The molecule has 1 aromatic rings. The van der Waals surface area contributed by atoms with Gasteiger partial charge in [-0.15, -0.1) is 0 Å². The summed E-state index contributed by atoms with van der Waals surface area (Å²) in [6.07, 6.45) is -0.419. The van der Waals surface area contributed by atoms with Crippen LogP contribution < -0.4 is 5.32 Å². The van der Waals surface area contributed by atoms with Gasteiger partial charge >= 0.3 is 6.09 Å². The Balaban J connectivity index is 2.23. The fourth-order valence-electron chi connectivity index (χ4n) is 1.14. The van der Waals surface area contributed by atoms with Gasteiger partial charge in [-0.05, 0) is 12.5 Å². The highest BCUT2D eigenvalue weighted by atomic mass is 16.5. The molecule has 0 atom stereocenters. The van der Waals surface area contributed by atoms with E-state index in [1.165, 1.54) is 5.56 Å². The number of hydrogen-bond donors (Lipinski definition) is 1. The fourth-order valence-corrected chi connectivity index (χ4v) is 1.14. The Labute approximate surface area is 95.6 Å². The molecule has 0 aliphatic carbocycles. The Morgan fingerprint density at radius 3 is 2.62 bits per heavy atom. The minimum Gasteiger partial charge on any atom is -0.445 e. The van der Waals surface area contributed by atoms with Crippen molar-refractivity contribution >= 4 is 6.09 Å². The third-order valence-corrected chi connectivity index (χ3v) is 2.07. The van der Waals surface area contributed by atoms with Gasteiger partial charge < -0.3 is 14.8 Å². The van der Waals surface area contributed by atoms with Crippen molar-refractivity contribution in [3.8, 4) is 0 Å². The van der Waals surface area contributed by atoms with E-state index in [4.69, 9.17) is 9.47 Å². The van der Waals surface area contributed by atoms with Gasteiger partial charge in [0.25, 0.3) is 0 Å². The monoisotopic (exact) mass is 223 g/mol. The van der Waals surface area contributed by atoms with E-state index in [1.54, 1.807) is 7.11 Å². The lowest BCUT2D eigenvalue weighted by Gasteiger charge is -2.06. The molecule has 1 N–H and O–H groups in total. The normalized spacial score (nSPS) is 9.88. The van der Waals surface area contributed by atoms with E-state index in [2.05, 4.69) is 5.32 Å². The Bertz CT molecular complexity index is 322. The Morgan fingerprint density at radius 2 is 2.00 bits per heavy atom. The highest BCUT2D eigenvalue weighted by molar-refractivity contribution is 5.67. The largest absolute Gasteiger partial charge is 0.445 e. The topological polar surface area (TPSA) is 47.6 Å². The first-order valence-corrected chi connectivity index (χ1v) is 5.17. The summed E-state index contributed by atoms with van der Waals surface area (Å²) in [6, 6.07) is 7.86. The van der Waals surface area contributed by atoms with Crippen LogP contribution in [0.15, 0.2) is 24.3 Å². The summed E-state index contributed by atoms with van der Waals surface area (Å²) in [5, 5.41) is 2.58. The van der Waals surface area contributed by atoms with Crippen molar-refractivity contribution in [1.82, 2.24) is 5.32 Å². The number of aryl methyl sites for hydroxylation is 1. The molecular weight excluding hydrogens is 206 g/mol. The Kier molecular flexibility index (Phi) is 5.36. The smallest absolute Gasteiger partial charge is 0.407 e. The SMILES string of the molecule is COCCNC(=O)OCc1ccc(C)cc1. The van der Waals surface area contributed by atoms with Gasteiger partial charge in [0.2, 0.25) is 0 Å². The van der Waals surface area contributed by atoms with E-state index in [1.807, 2.05) is 31.2 Å². The molecule has 0 bridgehead atoms. The van der Waals surface area contributed by atoms with E-state index in [0.717, 1.165) is 5.56 Å². The molecule has 0 heterocycles. The average Bonchev–Trinajstić information content (AvgIpc) is 2.29. The zero-order valence-electron chi connectivity index (χ0n) is 9.66. The highest BCUT2D eigenvalue weighted by Gasteiger charge is 2.01. The van der Waals surface area contributed by atoms with Gasteiger partial charge in [0.05, 0.1) is 6.61 Å². The predicted molar refractivity (Wildman–Crippen MR) is 61.2 cm³/mol. The summed E-state index contributed by atoms with van der Waals surface area (Å²) in [5.41, 5.74) is 2.17. The first kappa shape index (κ1) is 12.5. The molecule has 88 valence electrons. The molecular formula is C12H17NO3. The van der Waals surface area contributed by atoms with Gasteiger partial charge in [-0.25, -0.2) is 4.79 Å². The molecule has 16 heavy (non-hydrogen) atoms. The lowest BCUT2D eigenvalue weighted by Crippen LogP contribution is -2.27. The predicted octanol–water partition coefficient (Wildman–Crippen LogP) is 1.87. The number of carbonyl (C=O) groups excluding carboxylic acids is 1. The van der Waals surface area contributed by atoms with Crippen molar-refractivity contribution in [3.05, 3.63) is 35.4 Å². The van der Waals surface area contributed by atoms with Crippen LogP contribution >= 0.6 is 0 Å². The van der Waals surface area contributed by atoms with Crippen molar-refractivity contribution in [2.75, 3.05) is 20.3 Å². The average molecular weight is 223 g/mol. The van der Waals surface area contributed by atoms with Crippen LogP contribution in [0.1, 0.15) is 11.1 Å². The number of benzene rings is 1. The van der Waals surface area contributed by atoms with Crippen molar-refractivity contribution in [1.29, 1.82) is 0 Å². The molecule has 4 nitrogen and oxygen atoms in total. The van der Waals surface area contributed by atoms with Gasteiger partial charge in [0.15, 0.2) is 0 Å². The van der Waals surface area contributed by atoms with Crippen LogP contribution in [0.2, 0.25) is 0 Å². The number of ether oxygens (including phenoxy) is 2. The van der Waals surface area contributed by atoms with Crippen molar-refractivity contribution in [2.24, 2.45) is 0 Å². The van der Waals surface area contributed by atoms with Crippen LogP contribution in [-0.2, 0) is 16.1 Å². The summed E-state index contributed by atoms with van der Waals surface area (Å²) >= 11 is 0. The van der Waals surface area contributed by atoms with Crippen LogP contribution in [0, 0.1) is 6.92 Å². The van der Waals surface area contributed by atoms with E-state index < -0.39 is 6.09 Å². The van der Waals surface area contributed by atoms with E-state index in [-0.39, 0.29) is 0 Å². The molecule has 0 spiro atoms. The quantitative estimate of drug-likeness (QED) is 0.775. The molecule has 0 saturated heterocycles. The second-order valence-corrected chi connectivity index (χ2v) is 3.48. The second kappa shape index (κ2) is 6.85. The summed E-state index contributed by atoms with van der Waals surface area (Å²) in [6.45, 7) is 3.25. The number of amides is 1. The van der Waals surface area contributed by atoms with Crippen molar-refractivity contribution in [2.45, 2.75) is 13.5 Å². The summed E-state index contributed by atoms with van der Waals surface area (Å²) in [7, 11) is 1.58. The summed E-state index contributed by atoms with van der Waals surface area (Å²) in [4.78, 5) is 11.2. The van der Waals surface area contributed by atoms with Gasteiger partial charge in [0.1, 0.15) is 6.61 Å². The van der Waals surface area contributed by atoms with E-state index in [9.17, 15) is 4.79 Å². The molecule has 1 amide bonds. The zero-order valence-corrected chi connectivity index (χ0v) is 9.66. The third kappa shape index (κ3) is 4.79. The molecule has 0 aliphatic heterocycles. The van der Waals surface area contributed by atoms with E-state index >= 15 is 0 Å². The Hall–Kier alpha value is -1.55. The number of hydrogen-bond acceptors (Lipinski definition) is 3. The molecule has 0 radical (unpaired) electrons. The number of carbonyl (C=O) groups is 1. The van der Waals surface area contributed by atoms with Crippen molar-refractivity contribution < 1.29 is 14.3 Å². The minimum atomic E-state index is -0.419. The van der Waals surface area contributed by atoms with Crippen LogP contribution in [0.3, 0.4) is 0 Å². The van der Waals surface area contributed by atoms with Crippen LogP contribution in [0.25, 0.3) is 0 Å². The highest BCUT2D eigenvalue weighted by Crippen LogP contribution is 2.04. The fraction of sp³-hybridized carbons (Fsp3) is 0.417. The lowest BCUT2D eigenvalue weighted by molar-refractivity contribution is 0.133. The molecule has 0 unspecified atom stereocenters.